The number of hydrogen-bond donors (Lipinski definition) is 4. The standard InChI is InChI=1S/C23H28N6O4/c1-33-20-7-6-16-17(28-20)11-19(27-16)23(32)29-18(9-13-4-5-13)22(31)26-15(12-24)10-14-3-2-8-25-21(14)30/h6-7,11,13-15,18,27H,2-5,8-10H2,1H3,(H,25,30)(H,26,31)(H,29,32). The summed E-state index contributed by atoms with van der Waals surface area (Å²) in [6, 6.07) is 5.59. The van der Waals surface area contributed by atoms with E-state index in [1.54, 1.807) is 18.2 Å². The Kier molecular flexibility index (Phi) is 6.77. The maximum atomic E-state index is 13.0. The molecule has 1 saturated carbocycles. The van der Waals surface area contributed by atoms with Crippen LogP contribution in [-0.2, 0) is 9.59 Å². The zero-order valence-corrected chi connectivity index (χ0v) is 18.5. The Labute approximate surface area is 191 Å². The molecule has 1 aliphatic carbocycles. The fourth-order valence-electron chi connectivity index (χ4n) is 4.14. The van der Waals surface area contributed by atoms with Crippen molar-refractivity contribution in [3.8, 4) is 11.9 Å². The SMILES string of the molecule is COc1ccc2[nH]c(C(=O)NC(CC3CC3)C(=O)NC(C#N)CC3CCCNC3=O)cc2n1. The van der Waals surface area contributed by atoms with Crippen molar-refractivity contribution in [2.75, 3.05) is 13.7 Å². The molecule has 2 aromatic heterocycles. The van der Waals surface area contributed by atoms with E-state index >= 15 is 0 Å². The third-order valence-electron chi connectivity index (χ3n) is 6.18. The largest absolute Gasteiger partial charge is 0.481 e. The summed E-state index contributed by atoms with van der Waals surface area (Å²) in [5.41, 5.74) is 1.55. The minimum Gasteiger partial charge on any atom is -0.481 e. The summed E-state index contributed by atoms with van der Waals surface area (Å²) >= 11 is 0. The number of carbonyl (C=O) groups excluding carboxylic acids is 3. The summed E-state index contributed by atoms with van der Waals surface area (Å²) in [5, 5.41) is 17.9. The first-order valence-corrected chi connectivity index (χ1v) is 11.3. The van der Waals surface area contributed by atoms with E-state index in [1.807, 2.05) is 0 Å². The van der Waals surface area contributed by atoms with Crippen molar-refractivity contribution in [1.29, 1.82) is 5.26 Å². The molecule has 1 saturated heterocycles. The number of ether oxygens (including phenoxy) is 1. The van der Waals surface area contributed by atoms with E-state index in [2.05, 4.69) is 32.0 Å². The molecular formula is C23H28N6O4. The van der Waals surface area contributed by atoms with Crippen molar-refractivity contribution in [3.05, 3.63) is 23.9 Å². The lowest BCUT2D eigenvalue weighted by Gasteiger charge is -2.25. The van der Waals surface area contributed by atoms with Gasteiger partial charge in [-0.25, -0.2) is 4.98 Å². The topological polar surface area (TPSA) is 149 Å². The van der Waals surface area contributed by atoms with E-state index in [4.69, 9.17) is 4.74 Å². The molecule has 10 heteroatoms. The number of aromatic amines is 1. The molecule has 2 aliphatic rings. The molecule has 10 nitrogen and oxygen atoms in total. The van der Waals surface area contributed by atoms with Crippen molar-refractivity contribution in [2.24, 2.45) is 11.8 Å². The second-order valence-corrected chi connectivity index (χ2v) is 8.73. The van der Waals surface area contributed by atoms with Gasteiger partial charge in [0.25, 0.3) is 5.91 Å². The molecule has 0 radical (unpaired) electrons. The highest BCUT2D eigenvalue weighted by atomic mass is 16.5. The Bertz CT molecular complexity index is 1090. The summed E-state index contributed by atoms with van der Waals surface area (Å²) in [5.74, 6) is -0.395. The molecule has 2 aromatic rings. The summed E-state index contributed by atoms with van der Waals surface area (Å²) in [6.07, 6.45) is 4.34. The zero-order chi connectivity index (χ0) is 23.4. The van der Waals surface area contributed by atoms with Crippen LogP contribution in [0.3, 0.4) is 0 Å². The number of methoxy groups -OCH3 is 1. The van der Waals surface area contributed by atoms with Crippen LogP contribution in [0.25, 0.3) is 11.0 Å². The number of hydrogen-bond acceptors (Lipinski definition) is 6. The highest BCUT2D eigenvalue weighted by Crippen LogP contribution is 2.33. The molecule has 174 valence electrons. The Balaban J connectivity index is 1.42. The Morgan fingerprint density at radius 3 is 2.79 bits per heavy atom. The van der Waals surface area contributed by atoms with Crippen molar-refractivity contribution < 1.29 is 19.1 Å². The fraction of sp³-hybridized carbons (Fsp3) is 0.522. The average molecular weight is 453 g/mol. The van der Waals surface area contributed by atoms with Crippen LogP contribution in [0.1, 0.15) is 49.0 Å². The van der Waals surface area contributed by atoms with Crippen LogP contribution in [0.15, 0.2) is 18.2 Å². The summed E-state index contributed by atoms with van der Waals surface area (Å²) in [7, 11) is 1.52. The molecule has 2 fully saturated rings. The van der Waals surface area contributed by atoms with Crippen LogP contribution >= 0.6 is 0 Å². The van der Waals surface area contributed by atoms with Crippen molar-refractivity contribution in [3.63, 3.8) is 0 Å². The number of nitrogens with zero attached hydrogens (tertiary/aromatic N) is 2. The Morgan fingerprint density at radius 2 is 2.09 bits per heavy atom. The van der Waals surface area contributed by atoms with Gasteiger partial charge in [0.05, 0.1) is 24.2 Å². The molecule has 3 atom stereocenters. The lowest BCUT2D eigenvalue weighted by molar-refractivity contribution is -0.128. The van der Waals surface area contributed by atoms with Gasteiger partial charge in [0.2, 0.25) is 17.7 Å². The number of fused-ring (bicyclic) bond motifs is 1. The number of H-pyrrole nitrogens is 1. The second kappa shape index (κ2) is 9.90. The number of nitriles is 1. The lowest BCUT2D eigenvalue weighted by Crippen LogP contribution is -2.50. The van der Waals surface area contributed by atoms with E-state index in [-0.39, 0.29) is 23.9 Å². The van der Waals surface area contributed by atoms with E-state index in [9.17, 15) is 19.6 Å². The van der Waals surface area contributed by atoms with Crippen molar-refractivity contribution in [1.82, 2.24) is 25.9 Å². The maximum Gasteiger partial charge on any atom is 0.268 e. The van der Waals surface area contributed by atoms with E-state index in [1.165, 1.54) is 7.11 Å². The van der Waals surface area contributed by atoms with Gasteiger partial charge in [-0.2, -0.15) is 5.26 Å². The van der Waals surface area contributed by atoms with Crippen LogP contribution in [-0.4, -0.2) is 53.4 Å². The van der Waals surface area contributed by atoms with Gasteiger partial charge >= 0.3 is 0 Å². The molecule has 3 unspecified atom stereocenters. The molecule has 0 bridgehead atoms. The van der Waals surface area contributed by atoms with Gasteiger partial charge in [0, 0.05) is 18.5 Å². The van der Waals surface area contributed by atoms with Crippen molar-refractivity contribution >= 4 is 28.8 Å². The van der Waals surface area contributed by atoms with Crippen LogP contribution in [0.4, 0.5) is 0 Å². The van der Waals surface area contributed by atoms with Gasteiger partial charge in [-0.1, -0.05) is 12.8 Å². The van der Waals surface area contributed by atoms with Gasteiger partial charge in [-0.15, -0.1) is 0 Å². The number of aromatic nitrogens is 2. The molecule has 1 aliphatic heterocycles. The van der Waals surface area contributed by atoms with E-state index < -0.39 is 23.9 Å². The number of amides is 3. The maximum absolute atomic E-state index is 13.0. The smallest absolute Gasteiger partial charge is 0.268 e. The number of carbonyl (C=O) groups is 3. The summed E-state index contributed by atoms with van der Waals surface area (Å²) in [6.45, 7) is 0.643. The van der Waals surface area contributed by atoms with Gasteiger partial charge in [-0.05, 0) is 43.7 Å². The van der Waals surface area contributed by atoms with Gasteiger partial charge in [0.15, 0.2) is 0 Å². The van der Waals surface area contributed by atoms with Gasteiger partial charge in [0.1, 0.15) is 17.8 Å². The molecule has 3 heterocycles. The fourth-order valence-corrected chi connectivity index (χ4v) is 4.14. The first-order valence-electron chi connectivity index (χ1n) is 11.3. The monoisotopic (exact) mass is 452 g/mol. The predicted octanol–water partition coefficient (Wildman–Crippen LogP) is 1.39. The van der Waals surface area contributed by atoms with Crippen LogP contribution in [0.2, 0.25) is 0 Å². The molecule has 4 rings (SSSR count). The summed E-state index contributed by atoms with van der Waals surface area (Å²) in [4.78, 5) is 45.2. The second-order valence-electron chi connectivity index (χ2n) is 8.73. The van der Waals surface area contributed by atoms with Crippen LogP contribution in [0.5, 0.6) is 5.88 Å². The minimum absolute atomic E-state index is 0.0809. The quantitative estimate of drug-likeness (QED) is 0.452. The Hall–Kier alpha value is -3.61. The number of piperidine rings is 1. The number of nitrogens with one attached hydrogen (secondary N) is 4. The predicted molar refractivity (Wildman–Crippen MR) is 119 cm³/mol. The van der Waals surface area contributed by atoms with Crippen LogP contribution < -0.4 is 20.7 Å². The third kappa shape index (κ3) is 5.61. The highest BCUT2D eigenvalue weighted by Gasteiger charge is 2.33. The molecule has 3 amide bonds. The third-order valence-corrected chi connectivity index (χ3v) is 6.18. The molecule has 33 heavy (non-hydrogen) atoms. The lowest BCUT2D eigenvalue weighted by atomic mass is 9.92. The van der Waals surface area contributed by atoms with Gasteiger partial charge < -0.3 is 25.7 Å². The molecule has 4 N–H and O–H groups in total. The number of pyridine rings is 1. The molecular weight excluding hydrogens is 424 g/mol. The van der Waals surface area contributed by atoms with E-state index in [0.717, 1.165) is 19.3 Å². The Morgan fingerprint density at radius 1 is 1.27 bits per heavy atom. The van der Waals surface area contributed by atoms with E-state index in [0.29, 0.717) is 42.2 Å². The normalized spacial score (nSPS) is 19.8. The first kappa shape index (κ1) is 22.6. The van der Waals surface area contributed by atoms with Gasteiger partial charge in [-0.3, -0.25) is 14.4 Å². The first-order chi connectivity index (χ1) is 16.0. The van der Waals surface area contributed by atoms with Crippen LogP contribution in [0, 0.1) is 23.2 Å². The molecule has 0 spiro atoms. The zero-order valence-electron chi connectivity index (χ0n) is 18.5. The molecule has 0 aromatic carbocycles. The highest BCUT2D eigenvalue weighted by molar-refractivity contribution is 5.99. The van der Waals surface area contributed by atoms with Crippen molar-refractivity contribution in [2.45, 2.75) is 50.6 Å². The average Bonchev–Trinajstić information content (AvgIpc) is 3.53. The minimum atomic E-state index is -0.797. The summed E-state index contributed by atoms with van der Waals surface area (Å²) < 4.78 is 5.12. The number of rotatable bonds is 9.